The van der Waals surface area contributed by atoms with Gasteiger partial charge in [-0.1, -0.05) is 47.8 Å². The van der Waals surface area contributed by atoms with Crippen molar-refractivity contribution < 1.29 is 21.1 Å². The summed E-state index contributed by atoms with van der Waals surface area (Å²) >= 11 is 0. The van der Waals surface area contributed by atoms with Crippen LogP contribution in [0.25, 0.3) is 44.9 Å². The van der Waals surface area contributed by atoms with Gasteiger partial charge >= 0.3 is 21.1 Å². The molecule has 0 spiro atoms. The first kappa shape index (κ1) is 24.7. The molecule has 0 atom stereocenters. The van der Waals surface area contributed by atoms with Crippen molar-refractivity contribution in [1.29, 1.82) is 0 Å². The maximum atomic E-state index is 4.80. The molecule has 0 aliphatic heterocycles. The average Bonchev–Trinajstić information content (AvgIpc) is 3.62. The second-order valence-electron chi connectivity index (χ2n) is 8.64. The molecule has 0 saturated heterocycles. The SMILES string of the molecule is [Pt+2].c1ccc(-c2cc(-c3cccc(-c4[n-]nc5c4CCCC5)n3)[n-]n2)cc1.c1cnc2ccncc2c1. The van der Waals surface area contributed by atoms with Crippen LogP contribution in [-0.4, -0.2) is 25.1 Å². The molecule has 5 aromatic heterocycles. The van der Waals surface area contributed by atoms with Crippen molar-refractivity contribution in [3.63, 3.8) is 0 Å². The number of benzene rings is 1. The number of hydrogen-bond acceptors (Lipinski definition) is 5. The Hall–Kier alpha value is -3.96. The van der Waals surface area contributed by atoms with E-state index in [-0.39, 0.29) is 21.1 Å². The first-order valence-electron chi connectivity index (χ1n) is 12.0. The molecule has 6 aromatic rings. The predicted octanol–water partition coefficient (Wildman–Crippen LogP) is 5.29. The van der Waals surface area contributed by atoms with E-state index in [1.165, 1.54) is 18.4 Å². The normalized spacial score (nSPS) is 12.2. The van der Waals surface area contributed by atoms with Crippen molar-refractivity contribution in [1.82, 2.24) is 35.3 Å². The van der Waals surface area contributed by atoms with Crippen LogP contribution in [0.3, 0.4) is 0 Å². The van der Waals surface area contributed by atoms with Crippen molar-refractivity contribution in [2.75, 3.05) is 0 Å². The zero-order valence-electron chi connectivity index (χ0n) is 19.9. The third-order valence-corrected chi connectivity index (χ3v) is 6.26. The van der Waals surface area contributed by atoms with Gasteiger partial charge in [-0.25, -0.2) is 0 Å². The summed E-state index contributed by atoms with van der Waals surface area (Å²) in [6.45, 7) is 0. The molecule has 7 rings (SSSR count). The second kappa shape index (κ2) is 11.4. The topological polar surface area (TPSA) is 92.7 Å². The van der Waals surface area contributed by atoms with Gasteiger partial charge in [0.2, 0.25) is 0 Å². The minimum absolute atomic E-state index is 0. The van der Waals surface area contributed by atoms with Gasteiger partial charge in [0.25, 0.3) is 0 Å². The molecule has 7 nitrogen and oxygen atoms in total. The number of aryl methyl sites for hydroxylation is 1. The maximum absolute atomic E-state index is 4.80. The molecule has 37 heavy (non-hydrogen) atoms. The van der Waals surface area contributed by atoms with Gasteiger partial charge in [-0.2, -0.15) is 0 Å². The number of nitrogens with zero attached hydrogens (tertiary/aromatic N) is 7. The molecule has 5 heterocycles. The minimum Gasteiger partial charge on any atom is -0.573 e. The number of pyridine rings is 3. The van der Waals surface area contributed by atoms with Crippen molar-refractivity contribution in [2.24, 2.45) is 0 Å². The van der Waals surface area contributed by atoms with Crippen molar-refractivity contribution >= 4 is 10.9 Å². The molecule has 0 bridgehead atoms. The van der Waals surface area contributed by atoms with Crippen LogP contribution in [0, 0.1) is 0 Å². The molecular weight excluding hydrogens is 641 g/mol. The van der Waals surface area contributed by atoms with Crippen molar-refractivity contribution in [3.05, 3.63) is 103 Å². The molecule has 1 aliphatic carbocycles. The second-order valence-corrected chi connectivity index (χ2v) is 8.64. The van der Waals surface area contributed by atoms with Crippen LogP contribution in [0.2, 0.25) is 0 Å². The van der Waals surface area contributed by atoms with Crippen LogP contribution in [0.5, 0.6) is 0 Å². The summed E-state index contributed by atoms with van der Waals surface area (Å²) in [6.07, 6.45) is 9.79. The fraction of sp³-hybridized carbons (Fsp3) is 0.138. The fourth-order valence-corrected chi connectivity index (χ4v) is 4.43. The van der Waals surface area contributed by atoms with Gasteiger partial charge in [-0.05, 0) is 73.2 Å². The Morgan fingerprint density at radius 1 is 0.703 bits per heavy atom. The van der Waals surface area contributed by atoms with E-state index in [1.807, 2.05) is 79.0 Å². The molecule has 8 heteroatoms. The van der Waals surface area contributed by atoms with Gasteiger partial charge in [0.15, 0.2) is 0 Å². The number of aromatic nitrogens is 7. The van der Waals surface area contributed by atoms with E-state index in [1.54, 1.807) is 12.4 Å². The zero-order valence-corrected chi connectivity index (χ0v) is 22.2. The predicted molar refractivity (Wildman–Crippen MR) is 139 cm³/mol. The van der Waals surface area contributed by atoms with Gasteiger partial charge in [-0.15, -0.1) is 0 Å². The monoisotopic (exact) mass is 664 g/mol. The van der Waals surface area contributed by atoms with E-state index < -0.39 is 0 Å². The van der Waals surface area contributed by atoms with Gasteiger partial charge in [0.05, 0.1) is 16.9 Å². The van der Waals surface area contributed by atoms with E-state index in [9.17, 15) is 0 Å². The number of rotatable bonds is 3. The number of fused-ring (bicyclic) bond motifs is 2. The third kappa shape index (κ3) is 5.42. The molecule has 0 saturated carbocycles. The van der Waals surface area contributed by atoms with E-state index in [4.69, 9.17) is 4.98 Å². The Labute approximate surface area is 229 Å². The first-order valence-corrected chi connectivity index (χ1v) is 12.0. The largest absolute Gasteiger partial charge is 2.00 e. The van der Waals surface area contributed by atoms with Gasteiger partial charge in [0, 0.05) is 35.4 Å². The van der Waals surface area contributed by atoms with Crippen LogP contribution in [0.4, 0.5) is 0 Å². The Morgan fingerprint density at radius 2 is 1.57 bits per heavy atom. The molecular formula is C29H23N7Pt. The van der Waals surface area contributed by atoms with Gasteiger partial charge in [0.1, 0.15) is 0 Å². The summed E-state index contributed by atoms with van der Waals surface area (Å²) in [5.74, 6) is 0. The molecule has 1 aromatic carbocycles. The molecule has 0 amide bonds. The first-order chi connectivity index (χ1) is 17.8. The standard InChI is InChI=1S/C21H17N5.C8H6N2.Pt/c1-2-7-14(8-3-1)19-13-20(25-24-19)17-11-6-12-18(22-17)21-15-9-4-5-10-16(15)23-26-21;1-2-7-6-9-5-3-8(7)10-4-1;/h1-3,6-8,11-13H,4-5,9-10H2;1-6H;/q-2;;+2. The molecule has 0 unspecified atom stereocenters. The summed E-state index contributed by atoms with van der Waals surface area (Å²) < 4.78 is 0. The summed E-state index contributed by atoms with van der Waals surface area (Å²) in [7, 11) is 0. The molecule has 184 valence electrons. The van der Waals surface area contributed by atoms with Crippen LogP contribution >= 0.6 is 0 Å². The Bertz CT molecular complexity index is 1540. The molecule has 0 radical (unpaired) electrons. The van der Waals surface area contributed by atoms with Crippen molar-refractivity contribution in [2.45, 2.75) is 25.7 Å². The summed E-state index contributed by atoms with van der Waals surface area (Å²) in [5, 5.41) is 18.5. The fourth-order valence-electron chi connectivity index (χ4n) is 4.43. The van der Waals surface area contributed by atoms with Crippen LogP contribution in [0.1, 0.15) is 24.1 Å². The minimum atomic E-state index is 0. The van der Waals surface area contributed by atoms with E-state index >= 15 is 0 Å². The Kier molecular flexibility index (Phi) is 7.62. The summed E-state index contributed by atoms with van der Waals surface area (Å²) in [6, 6.07) is 23.8. The van der Waals surface area contributed by atoms with Crippen LogP contribution < -0.4 is 10.2 Å². The van der Waals surface area contributed by atoms with Gasteiger partial charge < -0.3 is 20.4 Å². The molecule has 1 aliphatic rings. The molecule has 0 fully saturated rings. The average molecular weight is 665 g/mol. The maximum Gasteiger partial charge on any atom is 2.00 e. The van der Waals surface area contributed by atoms with Crippen molar-refractivity contribution in [3.8, 4) is 34.0 Å². The molecule has 0 N–H and O–H groups in total. The summed E-state index contributed by atoms with van der Waals surface area (Å²) in [5.41, 5.74) is 8.68. The Morgan fingerprint density at radius 3 is 2.46 bits per heavy atom. The smallest absolute Gasteiger partial charge is 0.573 e. The quantitative estimate of drug-likeness (QED) is 0.254. The van der Waals surface area contributed by atoms with E-state index in [0.29, 0.717) is 0 Å². The van der Waals surface area contributed by atoms with Gasteiger partial charge in [-0.3, -0.25) is 15.0 Å². The zero-order chi connectivity index (χ0) is 24.2. The van der Waals surface area contributed by atoms with Crippen LogP contribution in [0.15, 0.2) is 91.4 Å². The Balaban J connectivity index is 0.000000214. The number of hydrogen-bond donors (Lipinski definition) is 0. The summed E-state index contributed by atoms with van der Waals surface area (Å²) in [4.78, 5) is 12.9. The van der Waals surface area contributed by atoms with E-state index in [0.717, 1.165) is 63.5 Å². The van der Waals surface area contributed by atoms with Crippen LogP contribution in [-0.2, 0) is 33.9 Å². The van der Waals surface area contributed by atoms with E-state index in [2.05, 4.69) is 30.4 Å². The third-order valence-electron chi connectivity index (χ3n) is 6.26.